The molecule has 6 heteroatoms. The minimum Gasteiger partial charge on any atom is -0.497 e. The summed E-state index contributed by atoms with van der Waals surface area (Å²) in [5, 5.41) is 10.7. The lowest BCUT2D eigenvalue weighted by atomic mass is 9.98. The van der Waals surface area contributed by atoms with Gasteiger partial charge in [-0.15, -0.1) is 0 Å². The molecule has 0 bridgehead atoms. The lowest BCUT2D eigenvalue weighted by Gasteiger charge is -2.23. The summed E-state index contributed by atoms with van der Waals surface area (Å²) >= 11 is 1.68. The summed E-state index contributed by atoms with van der Waals surface area (Å²) in [7, 11) is 3.71. The second kappa shape index (κ2) is 9.24. The highest BCUT2D eigenvalue weighted by Gasteiger charge is 2.34. The molecule has 3 aromatic rings. The number of nitrogens with one attached hydrogen (secondary N) is 1. The summed E-state index contributed by atoms with van der Waals surface area (Å²) < 4.78 is 5.29. The van der Waals surface area contributed by atoms with Crippen LogP contribution in [0.2, 0.25) is 0 Å². The van der Waals surface area contributed by atoms with Crippen LogP contribution >= 0.6 is 11.3 Å². The molecule has 0 saturated carbocycles. The molecular formula is C24H26N3O2S+. The number of amides is 1. The van der Waals surface area contributed by atoms with Crippen molar-refractivity contribution in [3.8, 4) is 5.75 Å². The fourth-order valence-electron chi connectivity index (χ4n) is 3.77. The lowest BCUT2D eigenvalue weighted by molar-refractivity contribution is -0.885. The van der Waals surface area contributed by atoms with Gasteiger partial charge in [0.1, 0.15) is 12.3 Å². The Balaban J connectivity index is 1.56. The summed E-state index contributed by atoms with van der Waals surface area (Å²) in [6.45, 7) is 1.22. The van der Waals surface area contributed by atoms with Crippen LogP contribution in [0.1, 0.15) is 29.2 Å². The van der Waals surface area contributed by atoms with E-state index in [1.54, 1.807) is 23.5 Å². The molecule has 5 nitrogen and oxygen atoms in total. The first-order valence-corrected chi connectivity index (χ1v) is 11.0. The first-order valence-electron chi connectivity index (χ1n) is 10.1. The van der Waals surface area contributed by atoms with Gasteiger partial charge in [-0.25, -0.2) is 5.01 Å². The molecule has 1 aliphatic rings. The SMILES string of the molecule is COc1ccc([C@H]2CC(c3ccccc3)=NN2C(=O)C[NH+](C)Cc2ccsc2)cc1. The third-order valence-electron chi connectivity index (χ3n) is 5.31. The maximum Gasteiger partial charge on any atom is 0.298 e. The second-order valence-corrected chi connectivity index (χ2v) is 8.37. The average molecular weight is 421 g/mol. The Hall–Kier alpha value is -2.96. The molecule has 1 amide bonds. The van der Waals surface area contributed by atoms with Crippen LogP contribution in [0, 0.1) is 0 Å². The van der Waals surface area contributed by atoms with Crippen molar-refractivity contribution in [2.45, 2.75) is 19.0 Å². The molecule has 0 saturated heterocycles. The summed E-state index contributed by atoms with van der Waals surface area (Å²) in [4.78, 5) is 14.4. The van der Waals surface area contributed by atoms with Crippen LogP contribution in [-0.2, 0) is 11.3 Å². The summed E-state index contributed by atoms with van der Waals surface area (Å²) in [5.74, 6) is 0.841. The predicted molar refractivity (Wildman–Crippen MR) is 120 cm³/mol. The maximum atomic E-state index is 13.2. The Morgan fingerprint density at radius 1 is 1.17 bits per heavy atom. The van der Waals surface area contributed by atoms with Gasteiger partial charge in [0, 0.05) is 12.0 Å². The smallest absolute Gasteiger partial charge is 0.298 e. The summed E-state index contributed by atoms with van der Waals surface area (Å²) in [5.41, 5.74) is 4.33. The molecule has 0 fully saturated rings. The van der Waals surface area contributed by atoms with Crippen molar-refractivity contribution < 1.29 is 14.4 Å². The van der Waals surface area contributed by atoms with Crippen LogP contribution in [0.25, 0.3) is 0 Å². The van der Waals surface area contributed by atoms with Crippen LogP contribution in [0.5, 0.6) is 5.75 Å². The monoisotopic (exact) mass is 420 g/mol. The van der Waals surface area contributed by atoms with Gasteiger partial charge in [-0.2, -0.15) is 16.4 Å². The van der Waals surface area contributed by atoms with Crippen molar-refractivity contribution >= 4 is 23.0 Å². The minimum atomic E-state index is -0.104. The van der Waals surface area contributed by atoms with E-state index >= 15 is 0 Å². The highest BCUT2D eigenvalue weighted by molar-refractivity contribution is 7.07. The van der Waals surface area contributed by atoms with Crippen LogP contribution in [0.4, 0.5) is 0 Å². The zero-order valence-electron chi connectivity index (χ0n) is 17.2. The standard InChI is InChI=1S/C24H25N3O2S/c1-26(15-18-12-13-30-17-18)16-24(28)27-23(20-8-10-21(29-2)11-9-20)14-22(25-27)19-6-4-3-5-7-19/h3-13,17,23H,14-16H2,1-2H3/p+1/t23-/m1/s1. The highest BCUT2D eigenvalue weighted by atomic mass is 32.1. The Morgan fingerprint density at radius 2 is 1.93 bits per heavy atom. The number of carbonyl (C=O) groups is 1. The van der Waals surface area contributed by atoms with Gasteiger partial charge in [0.05, 0.1) is 25.9 Å². The number of nitrogens with zero attached hydrogens (tertiary/aromatic N) is 2. The van der Waals surface area contributed by atoms with Crippen LogP contribution in [0.3, 0.4) is 0 Å². The number of thiophene rings is 1. The number of quaternary nitrogens is 1. The first-order chi connectivity index (χ1) is 14.6. The fraction of sp³-hybridized carbons (Fsp3) is 0.250. The molecule has 0 radical (unpaired) electrons. The van der Waals surface area contributed by atoms with E-state index in [0.717, 1.165) is 34.0 Å². The molecule has 1 aliphatic heterocycles. The molecule has 2 atom stereocenters. The van der Waals surface area contributed by atoms with E-state index in [1.807, 2.05) is 54.6 Å². The van der Waals surface area contributed by atoms with Crippen molar-refractivity contribution in [1.29, 1.82) is 0 Å². The third-order valence-corrected chi connectivity index (χ3v) is 6.04. The Labute approximate surface area is 181 Å². The Kier molecular flexibility index (Phi) is 6.26. The van der Waals surface area contributed by atoms with Crippen molar-refractivity contribution in [2.75, 3.05) is 20.7 Å². The molecule has 4 rings (SSSR count). The molecule has 1 aromatic heterocycles. The van der Waals surface area contributed by atoms with Crippen LogP contribution in [0.15, 0.2) is 76.5 Å². The molecule has 30 heavy (non-hydrogen) atoms. The van der Waals surface area contributed by atoms with Crippen molar-refractivity contribution in [3.63, 3.8) is 0 Å². The molecule has 0 aliphatic carbocycles. The van der Waals surface area contributed by atoms with Gasteiger partial charge < -0.3 is 9.64 Å². The van der Waals surface area contributed by atoms with E-state index in [1.165, 1.54) is 5.56 Å². The van der Waals surface area contributed by atoms with E-state index in [0.29, 0.717) is 13.0 Å². The minimum absolute atomic E-state index is 0.0366. The normalized spacial score (nSPS) is 16.9. The largest absolute Gasteiger partial charge is 0.497 e. The molecule has 2 aromatic carbocycles. The zero-order chi connectivity index (χ0) is 20.9. The molecule has 154 valence electrons. The summed E-state index contributed by atoms with van der Waals surface area (Å²) in [6.07, 6.45) is 0.700. The zero-order valence-corrected chi connectivity index (χ0v) is 18.1. The number of rotatable bonds is 7. The van der Waals surface area contributed by atoms with Gasteiger partial charge in [0.15, 0.2) is 6.54 Å². The summed E-state index contributed by atoms with van der Waals surface area (Å²) in [6, 6.07) is 20.0. The van der Waals surface area contributed by atoms with E-state index in [4.69, 9.17) is 9.84 Å². The van der Waals surface area contributed by atoms with E-state index < -0.39 is 0 Å². The number of carbonyl (C=O) groups excluding carboxylic acids is 1. The van der Waals surface area contributed by atoms with Gasteiger partial charge in [-0.05, 0) is 40.1 Å². The second-order valence-electron chi connectivity index (χ2n) is 7.59. The van der Waals surface area contributed by atoms with Gasteiger partial charge in [0.25, 0.3) is 5.91 Å². The van der Waals surface area contributed by atoms with E-state index in [2.05, 4.69) is 23.9 Å². The Morgan fingerprint density at radius 3 is 2.60 bits per heavy atom. The number of hydrogen-bond donors (Lipinski definition) is 1. The molecular weight excluding hydrogens is 394 g/mol. The molecule has 1 N–H and O–H groups in total. The van der Waals surface area contributed by atoms with Crippen LogP contribution in [-0.4, -0.2) is 37.3 Å². The van der Waals surface area contributed by atoms with Gasteiger partial charge in [-0.1, -0.05) is 42.5 Å². The van der Waals surface area contributed by atoms with Crippen molar-refractivity contribution in [3.05, 3.63) is 88.1 Å². The van der Waals surface area contributed by atoms with E-state index in [-0.39, 0.29) is 11.9 Å². The average Bonchev–Trinajstić information content (AvgIpc) is 3.44. The van der Waals surface area contributed by atoms with E-state index in [9.17, 15) is 4.79 Å². The number of hydrazone groups is 1. The van der Waals surface area contributed by atoms with Gasteiger partial charge in [0.2, 0.25) is 0 Å². The van der Waals surface area contributed by atoms with Crippen molar-refractivity contribution in [1.82, 2.24) is 5.01 Å². The molecule has 2 heterocycles. The first kappa shape index (κ1) is 20.3. The number of methoxy groups -OCH3 is 1. The number of ether oxygens (including phenoxy) is 1. The highest BCUT2D eigenvalue weighted by Crippen LogP contribution is 2.33. The lowest BCUT2D eigenvalue weighted by Crippen LogP contribution is -3.08. The quantitative estimate of drug-likeness (QED) is 0.638. The topological polar surface area (TPSA) is 46.3 Å². The molecule has 0 spiro atoms. The van der Waals surface area contributed by atoms with Gasteiger partial charge in [-0.3, -0.25) is 4.79 Å². The number of benzene rings is 2. The Bertz CT molecular complexity index is 1000. The van der Waals surface area contributed by atoms with Crippen LogP contribution < -0.4 is 9.64 Å². The molecule has 1 unspecified atom stereocenters. The van der Waals surface area contributed by atoms with Crippen molar-refractivity contribution in [2.24, 2.45) is 5.10 Å². The predicted octanol–water partition coefficient (Wildman–Crippen LogP) is 3.15. The third kappa shape index (κ3) is 4.61. The number of hydrogen-bond acceptors (Lipinski definition) is 4. The maximum absolute atomic E-state index is 13.2. The van der Waals surface area contributed by atoms with Gasteiger partial charge >= 0.3 is 0 Å². The number of likely N-dealkylation sites (N-methyl/N-ethyl adjacent to an activating group) is 1. The fourth-order valence-corrected chi connectivity index (χ4v) is 4.44.